The topological polar surface area (TPSA) is 93.7 Å². The highest BCUT2D eigenvalue weighted by Crippen LogP contribution is 2.34. The molecule has 0 N–H and O–H groups in total. The number of nitro groups is 1. The Balaban J connectivity index is 1.51. The summed E-state index contributed by atoms with van der Waals surface area (Å²) in [6.07, 6.45) is 1.48. The van der Waals surface area contributed by atoms with E-state index in [1.165, 1.54) is 42.5 Å². The highest BCUT2D eigenvalue weighted by molar-refractivity contribution is 8.18. The highest BCUT2D eigenvalue weighted by atomic mass is 32.2. The van der Waals surface area contributed by atoms with E-state index in [9.17, 15) is 24.1 Å². The fourth-order valence-corrected chi connectivity index (χ4v) is 3.69. The Hall–Kier alpha value is -3.72. The third-order valence-corrected chi connectivity index (χ3v) is 5.30. The van der Waals surface area contributed by atoms with Crippen molar-refractivity contribution in [3.63, 3.8) is 0 Å². The number of nitro benzene ring substituents is 1. The predicted molar refractivity (Wildman–Crippen MR) is 109 cm³/mol. The Morgan fingerprint density at radius 1 is 1.03 bits per heavy atom. The van der Waals surface area contributed by atoms with Gasteiger partial charge in [-0.1, -0.05) is 12.1 Å². The van der Waals surface area contributed by atoms with Crippen molar-refractivity contribution in [2.75, 3.05) is 0 Å². The zero-order valence-corrected chi connectivity index (χ0v) is 16.1. The summed E-state index contributed by atoms with van der Waals surface area (Å²) < 4.78 is 18.7. The number of benzene rings is 2. The lowest BCUT2D eigenvalue weighted by Crippen LogP contribution is -2.27. The molecule has 1 aromatic heterocycles. The van der Waals surface area contributed by atoms with Crippen molar-refractivity contribution in [3.8, 4) is 11.3 Å². The second-order valence-electron chi connectivity index (χ2n) is 6.40. The summed E-state index contributed by atoms with van der Waals surface area (Å²) in [7, 11) is 0. The monoisotopic (exact) mass is 424 g/mol. The SMILES string of the molecule is O=C1SC(=Cc2ccc(-c3ccc([N+](=O)[O-])cc3)o2)C(=O)N1Cc1ccc(F)cc1. The molecule has 1 saturated heterocycles. The van der Waals surface area contributed by atoms with E-state index in [1.807, 2.05) is 0 Å². The molecule has 9 heteroatoms. The van der Waals surface area contributed by atoms with E-state index < -0.39 is 21.9 Å². The van der Waals surface area contributed by atoms with E-state index in [0.29, 0.717) is 22.6 Å². The molecule has 150 valence electrons. The van der Waals surface area contributed by atoms with Gasteiger partial charge in [0.05, 0.1) is 16.4 Å². The number of nitrogens with zero attached hydrogens (tertiary/aromatic N) is 2. The molecular formula is C21H13FN2O5S. The maximum atomic E-state index is 13.0. The fraction of sp³-hybridized carbons (Fsp3) is 0.0476. The van der Waals surface area contributed by atoms with Gasteiger partial charge in [0.2, 0.25) is 0 Å². The molecule has 0 atom stereocenters. The molecular weight excluding hydrogens is 411 g/mol. The lowest BCUT2D eigenvalue weighted by Gasteiger charge is -2.12. The molecule has 0 saturated carbocycles. The Morgan fingerprint density at radius 2 is 1.73 bits per heavy atom. The van der Waals surface area contributed by atoms with Crippen LogP contribution in [0.3, 0.4) is 0 Å². The van der Waals surface area contributed by atoms with Crippen LogP contribution >= 0.6 is 11.8 Å². The number of carbonyl (C=O) groups is 2. The molecule has 1 fully saturated rings. The summed E-state index contributed by atoms with van der Waals surface area (Å²) in [5.74, 6) is -0.00522. The van der Waals surface area contributed by atoms with Crippen molar-refractivity contribution >= 4 is 34.7 Å². The molecule has 0 bridgehead atoms. The Bertz CT molecular complexity index is 1170. The van der Waals surface area contributed by atoms with Crippen LogP contribution in [0.25, 0.3) is 17.4 Å². The first kappa shape index (κ1) is 19.6. The number of non-ortho nitro benzene ring substituents is 1. The average molecular weight is 424 g/mol. The van der Waals surface area contributed by atoms with Crippen molar-refractivity contribution in [2.24, 2.45) is 0 Å². The molecule has 3 aromatic rings. The summed E-state index contributed by atoms with van der Waals surface area (Å²) >= 11 is 0.799. The van der Waals surface area contributed by atoms with Gasteiger partial charge in [-0.2, -0.15) is 0 Å². The largest absolute Gasteiger partial charge is 0.457 e. The van der Waals surface area contributed by atoms with Crippen molar-refractivity contribution in [1.82, 2.24) is 4.90 Å². The van der Waals surface area contributed by atoms with Crippen LogP contribution in [0.15, 0.2) is 70.0 Å². The van der Waals surface area contributed by atoms with E-state index in [1.54, 1.807) is 24.3 Å². The van der Waals surface area contributed by atoms with Gasteiger partial charge in [0.25, 0.3) is 16.8 Å². The average Bonchev–Trinajstić information content (AvgIpc) is 3.30. The molecule has 0 unspecified atom stereocenters. The van der Waals surface area contributed by atoms with Gasteiger partial charge in [-0.25, -0.2) is 4.39 Å². The quantitative estimate of drug-likeness (QED) is 0.316. The van der Waals surface area contributed by atoms with E-state index >= 15 is 0 Å². The van der Waals surface area contributed by atoms with Crippen LogP contribution in [0.2, 0.25) is 0 Å². The van der Waals surface area contributed by atoms with Gasteiger partial charge in [0.1, 0.15) is 17.3 Å². The van der Waals surface area contributed by atoms with Crippen LogP contribution in [0.5, 0.6) is 0 Å². The normalized spacial score (nSPS) is 15.2. The van der Waals surface area contributed by atoms with E-state index in [0.717, 1.165) is 16.7 Å². The number of hydrogen-bond acceptors (Lipinski definition) is 6. The maximum Gasteiger partial charge on any atom is 0.293 e. The molecule has 1 aliphatic heterocycles. The van der Waals surface area contributed by atoms with Crippen LogP contribution in [0.1, 0.15) is 11.3 Å². The van der Waals surface area contributed by atoms with Gasteiger partial charge in [-0.3, -0.25) is 24.6 Å². The van der Waals surface area contributed by atoms with Crippen LogP contribution in [-0.4, -0.2) is 21.0 Å². The molecule has 4 rings (SSSR count). The van der Waals surface area contributed by atoms with Gasteiger partial charge in [-0.05, 0) is 53.7 Å². The van der Waals surface area contributed by atoms with Crippen molar-refractivity contribution in [3.05, 3.63) is 92.8 Å². The molecule has 1 aliphatic rings. The van der Waals surface area contributed by atoms with Crippen LogP contribution in [0, 0.1) is 15.9 Å². The molecule has 2 aromatic carbocycles. The number of thioether (sulfide) groups is 1. The van der Waals surface area contributed by atoms with Gasteiger partial charge in [0, 0.05) is 23.8 Å². The number of carbonyl (C=O) groups excluding carboxylic acids is 2. The van der Waals surface area contributed by atoms with E-state index in [-0.39, 0.29) is 17.1 Å². The first-order chi connectivity index (χ1) is 14.4. The summed E-state index contributed by atoms with van der Waals surface area (Å²) in [6.45, 7) is 0.0501. The maximum absolute atomic E-state index is 13.0. The molecule has 0 spiro atoms. The lowest BCUT2D eigenvalue weighted by molar-refractivity contribution is -0.384. The standard InChI is InChI=1S/C21H13FN2O5S/c22-15-5-1-13(2-6-15)12-23-20(25)19(30-21(23)26)11-17-9-10-18(29-17)14-3-7-16(8-4-14)24(27)28/h1-11H,12H2. The first-order valence-electron chi connectivity index (χ1n) is 8.75. The predicted octanol–water partition coefficient (Wildman–Crippen LogP) is 5.23. The number of furan rings is 1. The fourth-order valence-electron chi connectivity index (χ4n) is 2.87. The second kappa shape index (κ2) is 7.96. The van der Waals surface area contributed by atoms with Crippen LogP contribution in [0.4, 0.5) is 14.9 Å². The lowest BCUT2D eigenvalue weighted by atomic mass is 10.1. The molecule has 0 radical (unpaired) electrons. The van der Waals surface area contributed by atoms with Gasteiger partial charge in [0.15, 0.2) is 0 Å². The van der Waals surface area contributed by atoms with Crippen molar-refractivity contribution < 1.29 is 23.3 Å². The minimum absolute atomic E-state index is 0.0274. The number of rotatable bonds is 5. The number of halogens is 1. The molecule has 0 aliphatic carbocycles. The summed E-state index contributed by atoms with van der Waals surface area (Å²) in [6, 6.07) is 14.8. The van der Waals surface area contributed by atoms with Crippen molar-refractivity contribution in [1.29, 1.82) is 0 Å². The number of amides is 2. The molecule has 30 heavy (non-hydrogen) atoms. The van der Waals surface area contributed by atoms with Crippen LogP contribution < -0.4 is 0 Å². The molecule has 2 amide bonds. The third-order valence-electron chi connectivity index (χ3n) is 4.39. The summed E-state index contributed by atoms with van der Waals surface area (Å²) in [5.41, 5.74) is 1.25. The summed E-state index contributed by atoms with van der Waals surface area (Å²) in [4.78, 5) is 36.4. The minimum atomic E-state index is -0.487. The third kappa shape index (κ3) is 4.01. The molecule has 7 nitrogen and oxygen atoms in total. The van der Waals surface area contributed by atoms with E-state index in [4.69, 9.17) is 4.42 Å². The van der Waals surface area contributed by atoms with Gasteiger partial charge >= 0.3 is 0 Å². The Labute approximate surface area is 173 Å². The second-order valence-corrected chi connectivity index (χ2v) is 7.39. The zero-order valence-electron chi connectivity index (χ0n) is 15.3. The van der Waals surface area contributed by atoms with Gasteiger partial charge < -0.3 is 4.42 Å². The zero-order chi connectivity index (χ0) is 21.3. The summed E-state index contributed by atoms with van der Waals surface area (Å²) in [5, 5.41) is 10.3. The smallest absolute Gasteiger partial charge is 0.293 e. The number of hydrogen-bond donors (Lipinski definition) is 0. The van der Waals surface area contributed by atoms with E-state index in [2.05, 4.69) is 0 Å². The van der Waals surface area contributed by atoms with Crippen molar-refractivity contribution in [2.45, 2.75) is 6.54 Å². The first-order valence-corrected chi connectivity index (χ1v) is 9.57. The molecule has 2 heterocycles. The highest BCUT2D eigenvalue weighted by Gasteiger charge is 2.35. The Kier molecular flexibility index (Phi) is 5.20. The van der Waals surface area contributed by atoms with Gasteiger partial charge in [-0.15, -0.1) is 0 Å². The minimum Gasteiger partial charge on any atom is -0.457 e. The Morgan fingerprint density at radius 3 is 2.40 bits per heavy atom. The van der Waals surface area contributed by atoms with Crippen LogP contribution in [-0.2, 0) is 11.3 Å². The number of imide groups is 1.